The van der Waals surface area contributed by atoms with Crippen LogP contribution >= 0.6 is 0 Å². The summed E-state index contributed by atoms with van der Waals surface area (Å²) in [7, 11) is 3.21. The lowest BCUT2D eigenvalue weighted by atomic mass is 10.2. The van der Waals surface area contributed by atoms with Crippen LogP contribution in [0.5, 0.6) is 0 Å². The monoisotopic (exact) mass is 282 g/mol. The first kappa shape index (κ1) is 14.5. The third kappa shape index (κ3) is 2.53. The molecule has 1 heterocycles. The van der Waals surface area contributed by atoms with Crippen LogP contribution in [0, 0.1) is 10.1 Å². The van der Waals surface area contributed by atoms with Gasteiger partial charge in [-0.2, -0.15) is 0 Å². The number of methoxy groups -OCH3 is 2. The van der Waals surface area contributed by atoms with E-state index in [9.17, 15) is 10.1 Å². The highest BCUT2D eigenvalue weighted by atomic mass is 16.6. The van der Waals surface area contributed by atoms with Crippen molar-refractivity contribution in [3.63, 3.8) is 0 Å². The molecule has 2 unspecified atom stereocenters. The van der Waals surface area contributed by atoms with Crippen molar-refractivity contribution in [1.82, 2.24) is 0 Å². The van der Waals surface area contributed by atoms with Gasteiger partial charge in [-0.25, -0.2) is 0 Å². The Balaban J connectivity index is 2.36. The van der Waals surface area contributed by atoms with Crippen LogP contribution in [-0.4, -0.2) is 44.4 Å². The summed E-state index contributed by atoms with van der Waals surface area (Å²) in [5.74, 6) is 5.34. The van der Waals surface area contributed by atoms with E-state index in [0.29, 0.717) is 18.8 Å². The standard InChI is InChI=1S/C12H18N4O4/c1-19-10-6-15(7-11(10)20-2)9-5-3-4-8(14-13)12(9)16(17)18/h3-5,10-11,14H,6-7,13H2,1-2H3. The molecule has 1 aromatic carbocycles. The third-order valence-corrected chi connectivity index (χ3v) is 3.51. The first-order valence-electron chi connectivity index (χ1n) is 6.17. The summed E-state index contributed by atoms with van der Waals surface area (Å²) in [6, 6.07) is 4.99. The van der Waals surface area contributed by atoms with Crippen molar-refractivity contribution in [3.8, 4) is 0 Å². The van der Waals surface area contributed by atoms with Gasteiger partial charge in [-0.1, -0.05) is 6.07 Å². The molecule has 0 saturated carbocycles. The van der Waals surface area contributed by atoms with E-state index >= 15 is 0 Å². The number of nitrogens with two attached hydrogens (primary N) is 1. The second kappa shape index (κ2) is 6.04. The number of nitrogens with one attached hydrogen (secondary N) is 1. The summed E-state index contributed by atoms with van der Waals surface area (Å²) in [6.45, 7) is 1.06. The van der Waals surface area contributed by atoms with Gasteiger partial charge in [0.2, 0.25) is 0 Å². The van der Waals surface area contributed by atoms with Gasteiger partial charge in [-0.15, -0.1) is 0 Å². The molecule has 0 aromatic heterocycles. The first-order chi connectivity index (χ1) is 9.62. The van der Waals surface area contributed by atoms with E-state index in [1.807, 2.05) is 4.90 Å². The SMILES string of the molecule is COC1CN(c2cccc(NN)c2[N+](=O)[O-])CC1OC. The second-order valence-corrected chi connectivity index (χ2v) is 4.53. The average molecular weight is 282 g/mol. The Labute approximate surface area is 116 Å². The van der Waals surface area contributed by atoms with Gasteiger partial charge < -0.3 is 19.8 Å². The number of hydrogen-bond acceptors (Lipinski definition) is 7. The van der Waals surface area contributed by atoms with Gasteiger partial charge in [0.25, 0.3) is 0 Å². The van der Waals surface area contributed by atoms with Gasteiger partial charge in [0, 0.05) is 27.3 Å². The Kier molecular flexibility index (Phi) is 4.38. The number of nitro groups is 1. The summed E-state index contributed by atoms with van der Waals surface area (Å²) < 4.78 is 10.7. The van der Waals surface area contributed by atoms with Crippen LogP contribution in [0.1, 0.15) is 0 Å². The molecule has 0 radical (unpaired) electrons. The molecule has 3 N–H and O–H groups in total. The normalized spacial score (nSPS) is 22.1. The number of nitrogens with zero attached hydrogens (tertiary/aromatic N) is 2. The molecule has 2 atom stereocenters. The number of nitro benzene ring substituents is 1. The van der Waals surface area contributed by atoms with Gasteiger partial charge in [0.05, 0.1) is 4.92 Å². The highest BCUT2D eigenvalue weighted by Crippen LogP contribution is 2.37. The molecule has 0 amide bonds. The lowest BCUT2D eigenvalue weighted by molar-refractivity contribution is -0.383. The Morgan fingerprint density at radius 3 is 2.40 bits per heavy atom. The molecule has 1 saturated heterocycles. The summed E-state index contributed by atoms with van der Waals surface area (Å²) in [4.78, 5) is 12.7. The molecule has 2 rings (SSSR count). The molecule has 1 aliphatic rings. The molecule has 0 spiro atoms. The van der Waals surface area contributed by atoms with Crippen LogP contribution in [0.25, 0.3) is 0 Å². The predicted octanol–water partition coefficient (Wildman–Crippen LogP) is 0.730. The van der Waals surface area contributed by atoms with Crippen molar-refractivity contribution >= 4 is 17.1 Å². The van der Waals surface area contributed by atoms with Gasteiger partial charge in [-0.3, -0.25) is 16.0 Å². The van der Waals surface area contributed by atoms with Gasteiger partial charge in [-0.05, 0) is 12.1 Å². The van der Waals surface area contributed by atoms with Crippen molar-refractivity contribution in [2.24, 2.45) is 5.84 Å². The quantitative estimate of drug-likeness (QED) is 0.466. The van der Waals surface area contributed by atoms with Crippen LogP contribution < -0.4 is 16.2 Å². The van der Waals surface area contributed by atoms with Crippen molar-refractivity contribution in [1.29, 1.82) is 0 Å². The van der Waals surface area contributed by atoms with Crippen LogP contribution in [0.15, 0.2) is 18.2 Å². The number of anilines is 2. The van der Waals surface area contributed by atoms with Crippen LogP contribution in [0.3, 0.4) is 0 Å². The molecule has 1 aromatic rings. The lowest BCUT2D eigenvalue weighted by Crippen LogP contribution is -2.27. The summed E-state index contributed by atoms with van der Waals surface area (Å²) in [5, 5.41) is 11.3. The zero-order valence-electron chi connectivity index (χ0n) is 11.4. The van der Waals surface area contributed by atoms with E-state index in [0.717, 1.165) is 0 Å². The molecule has 1 aliphatic heterocycles. The molecule has 8 nitrogen and oxygen atoms in total. The fourth-order valence-corrected chi connectivity index (χ4v) is 2.49. The van der Waals surface area contributed by atoms with E-state index < -0.39 is 4.92 Å². The maximum Gasteiger partial charge on any atom is 0.316 e. The lowest BCUT2D eigenvalue weighted by Gasteiger charge is -2.19. The van der Waals surface area contributed by atoms with E-state index in [1.54, 1.807) is 32.4 Å². The molecule has 8 heteroatoms. The minimum absolute atomic E-state index is 0.0402. The number of ether oxygens (including phenoxy) is 2. The Hall–Kier alpha value is -1.90. The largest absolute Gasteiger partial charge is 0.377 e. The summed E-state index contributed by atoms with van der Waals surface area (Å²) in [6.07, 6.45) is -0.233. The second-order valence-electron chi connectivity index (χ2n) is 4.53. The third-order valence-electron chi connectivity index (χ3n) is 3.51. The Bertz CT molecular complexity index is 484. The maximum absolute atomic E-state index is 11.3. The van der Waals surface area contributed by atoms with Gasteiger partial charge in [0.15, 0.2) is 0 Å². The van der Waals surface area contributed by atoms with Crippen LogP contribution in [0.2, 0.25) is 0 Å². The van der Waals surface area contributed by atoms with Crippen molar-refractivity contribution in [3.05, 3.63) is 28.3 Å². The molecular weight excluding hydrogens is 264 g/mol. The topological polar surface area (TPSA) is 103 Å². The first-order valence-corrected chi connectivity index (χ1v) is 6.17. The minimum Gasteiger partial charge on any atom is -0.377 e. The molecule has 110 valence electrons. The van der Waals surface area contributed by atoms with Crippen LogP contribution in [-0.2, 0) is 9.47 Å². The smallest absolute Gasteiger partial charge is 0.316 e. The predicted molar refractivity (Wildman–Crippen MR) is 74.7 cm³/mol. The molecular formula is C12H18N4O4. The zero-order chi connectivity index (χ0) is 14.7. The number of nitrogen functional groups attached to an aromatic ring is 1. The van der Waals surface area contributed by atoms with Crippen molar-refractivity contribution in [2.75, 3.05) is 37.6 Å². The zero-order valence-corrected chi connectivity index (χ0v) is 11.4. The van der Waals surface area contributed by atoms with Gasteiger partial charge in [0.1, 0.15) is 23.6 Å². The number of para-hydroxylation sites is 1. The molecule has 20 heavy (non-hydrogen) atoms. The van der Waals surface area contributed by atoms with E-state index in [-0.39, 0.29) is 23.6 Å². The van der Waals surface area contributed by atoms with E-state index in [1.165, 1.54) is 0 Å². The summed E-state index contributed by atoms with van der Waals surface area (Å²) in [5.41, 5.74) is 3.11. The number of hydrazine groups is 1. The van der Waals surface area contributed by atoms with E-state index in [2.05, 4.69) is 5.43 Å². The number of hydrogen-bond donors (Lipinski definition) is 2. The van der Waals surface area contributed by atoms with Crippen molar-refractivity contribution in [2.45, 2.75) is 12.2 Å². The highest BCUT2D eigenvalue weighted by molar-refractivity contribution is 5.77. The minimum atomic E-state index is -0.438. The Morgan fingerprint density at radius 2 is 1.95 bits per heavy atom. The fraction of sp³-hybridized carbons (Fsp3) is 0.500. The summed E-state index contributed by atoms with van der Waals surface area (Å²) >= 11 is 0. The van der Waals surface area contributed by atoms with Gasteiger partial charge >= 0.3 is 5.69 Å². The number of benzene rings is 1. The van der Waals surface area contributed by atoms with E-state index in [4.69, 9.17) is 15.3 Å². The highest BCUT2D eigenvalue weighted by Gasteiger charge is 2.36. The molecule has 0 bridgehead atoms. The average Bonchev–Trinajstić information content (AvgIpc) is 2.89. The van der Waals surface area contributed by atoms with Crippen molar-refractivity contribution < 1.29 is 14.4 Å². The maximum atomic E-state index is 11.3. The fourth-order valence-electron chi connectivity index (χ4n) is 2.49. The number of rotatable bonds is 5. The van der Waals surface area contributed by atoms with Crippen LogP contribution in [0.4, 0.5) is 17.1 Å². The molecule has 1 fully saturated rings. The molecule has 0 aliphatic carbocycles. The Morgan fingerprint density at radius 1 is 1.35 bits per heavy atom.